The van der Waals surface area contributed by atoms with E-state index < -0.39 is 39.0 Å². The fourth-order valence-corrected chi connectivity index (χ4v) is 9.64. The fraction of sp³-hybridized carbons (Fsp3) is 0.606. The van der Waals surface area contributed by atoms with Crippen molar-refractivity contribution in [2.45, 2.75) is 87.9 Å². The molecule has 3 amide bonds. The Bertz CT molecular complexity index is 1210. The highest BCUT2D eigenvalue weighted by molar-refractivity contribution is 8.02. The molecule has 3 aliphatic rings. The molecule has 3 saturated heterocycles. The Balaban J connectivity index is 1.82. The number of hydrogen-bond donors (Lipinski definition) is 1. The van der Waals surface area contributed by atoms with Crippen molar-refractivity contribution < 1.29 is 24.2 Å². The molecule has 3 fully saturated rings. The van der Waals surface area contributed by atoms with E-state index in [0.717, 1.165) is 0 Å². The number of thioether (sulfide) groups is 1. The Morgan fingerprint density at radius 1 is 1.14 bits per heavy atom. The van der Waals surface area contributed by atoms with Crippen LogP contribution in [0.2, 0.25) is 0 Å². The summed E-state index contributed by atoms with van der Waals surface area (Å²) in [7, 11) is 0. The molecule has 0 saturated carbocycles. The SMILES string of the molecule is C=CCN(C(=O)[C@H]1[C@H]2C(=O)N([C@@H](CC)CO)C(C(=O)N(CC=C)C(C)(C)C)C23CC[C@]1(C)S3)c1ccc(OCC)cc1. The molecule has 6 atom stereocenters. The summed E-state index contributed by atoms with van der Waals surface area (Å²) in [6, 6.07) is 6.09. The number of amides is 3. The van der Waals surface area contributed by atoms with Gasteiger partial charge in [-0.1, -0.05) is 19.1 Å². The molecule has 2 unspecified atom stereocenters. The van der Waals surface area contributed by atoms with Gasteiger partial charge in [-0.25, -0.2) is 0 Å². The molecule has 3 aliphatic heterocycles. The fourth-order valence-electron chi connectivity index (χ4n) is 7.31. The van der Waals surface area contributed by atoms with Crippen LogP contribution in [-0.4, -0.2) is 86.0 Å². The number of benzene rings is 1. The summed E-state index contributed by atoms with van der Waals surface area (Å²) in [5, 5.41) is 10.4. The number of carbonyl (C=O) groups excluding carboxylic acids is 3. The molecule has 42 heavy (non-hydrogen) atoms. The number of aliphatic hydroxyl groups is 1. The van der Waals surface area contributed by atoms with E-state index in [-0.39, 0.29) is 30.9 Å². The Kier molecular flexibility index (Phi) is 9.24. The standard InChI is InChI=1S/C33H47N3O5S/c1-9-19-34(23-13-15-24(16-14-23)41-12-4)28(38)25-26-29(39)36(22(11-3)21-37)27(33(26)18-17-32(25,8)42-33)30(40)35(20-10-2)31(5,6)7/h9-10,13-16,22,25-27,37H,1-2,11-12,17-21H2,3-8H3/t22-,25+,26-,27?,32-,33?/m0/s1. The maximum atomic E-state index is 14.6. The molecule has 3 heterocycles. The van der Waals surface area contributed by atoms with Crippen molar-refractivity contribution in [1.29, 1.82) is 0 Å². The van der Waals surface area contributed by atoms with Gasteiger partial charge >= 0.3 is 0 Å². The summed E-state index contributed by atoms with van der Waals surface area (Å²) in [6.07, 6.45) is 5.27. The van der Waals surface area contributed by atoms with Crippen LogP contribution in [0.1, 0.15) is 60.8 Å². The minimum absolute atomic E-state index is 0.141. The highest BCUT2D eigenvalue weighted by Crippen LogP contribution is 2.72. The van der Waals surface area contributed by atoms with Gasteiger partial charge in [0, 0.05) is 29.1 Å². The molecule has 4 rings (SSSR count). The van der Waals surface area contributed by atoms with Crippen LogP contribution in [0.25, 0.3) is 0 Å². The summed E-state index contributed by atoms with van der Waals surface area (Å²) in [5.74, 6) is -1.09. The van der Waals surface area contributed by atoms with E-state index >= 15 is 0 Å². The number of rotatable bonds is 12. The molecule has 9 heteroatoms. The average molecular weight is 598 g/mol. The number of anilines is 1. The highest BCUT2D eigenvalue weighted by Gasteiger charge is 2.78. The number of hydrogen-bond acceptors (Lipinski definition) is 6. The van der Waals surface area contributed by atoms with E-state index in [1.807, 2.05) is 58.9 Å². The second kappa shape index (κ2) is 12.1. The molecule has 230 valence electrons. The predicted octanol–water partition coefficient (Wildman–Crippen LogP) is 4.67. The number of likely N-dealkylation sites (tertiary alicyclic amines) is 1. The summed E-state index contributed by atoms with van der Waals surface area (Å²) >= 11 is 1.65. The van der Waals surface area contributed by atoms with Crippen LogP contribution in [0.15, 0.2) is 49.6 Å². The van der Waals surface area contributed by atoms with Crippen molar-refractivity contribution in [2.75, 3.05) is 31.2 Å². The minimum Gasteiger partial charge on any atom is -0.494 e. The highest BCUT2D eigenvalue weighted by atomic mass is 32.2. The van der Waals surface area contributed by atoms with Gasteiger partial charge in [0.2, 0.25) is 17.7 Å². The average Bonchev–Trinajstić information content (AvgIpc) is 3.51. The van der Waals surface area contributed by atoms with Crippen LogP contribution in [0.3, 0.4) is 0 Å². The molecular weight excluding hydrogens is 550 g/mol. The van der Waals surface area contributed by atoms with Gasteiger partial charge in [0.05, 0.1) is 35.8 Å². The normalized spacial score (nSPS) is 28.8. The molecule has 1 aromatic rings. The first-order valence-corrected chi connectivity index (χ1v) is 15.9. The zero-order valence-corrected chi connectivity index (χ0v) is 26.8. The molecule has 8 nitrogen and oxygen atoms in total. The van der Waals surface area contributed by atoms with Gasteiger partial charge in [-0.3, -0.25) is 14.4 Å². The van der Waals surface area contributed by atoms with Crippen molar-refractivity contribution in [2.24, 2.45) is 11.8 Å². The number of ether oxygens (including phenoxy) is 1. The van der Waals surface area contributed by atoms with Gasteiger partial charge in [0.25, 0.3) is 0 Å². The first kappa shape index (κ1) is 32.1. The minimum atomic E-state index is -0.783. The van der Waals surface area contributed by atoms with E-state index in [9.17, 15) is 19.5 Å². The van der Waals surface area contributed by atoms with E-state index in [1.165, 1.54) is 0 Å². The van der Waals surface area contributed by atoms with Crippen LogP contribution >= 0.6 is 11.8 Å². The second-order valence-electron chi connectivity index (χ2n) is 12.8. The Labute approximate surface area is 255 Å². The van der Waals surface area contributed by atoms with E-state index in [1.54, 1.807) is 38.6 Å². The maximum absolute atomic E-state index is 14.6. The summed E-state index contributed by atoms with van der Waals surface area (Å²) < 4.78 is 4.31. The summed E-state index contributed by atoms with van der Waals surface area (Å²) in [4.78, 5) is 48.9. The molecular formula is C33H47N3O5S. The molecule has 1 aromatic carbocycles. The Morgan fingerprint density at radius 2 is 1.79 bits per heavy atom. The van der Waals surface area contributed by atoms with Gasteiger partial charge in [0.1, 0.15) is 11.8 Å². The number of nitrogens with zero attached hydrogens (tertiary/aromatic N) is 3. The molecule has 0 aliphatic carbocycles. The lowest BCUT2D eigenvalue weighted by atomic mass is 9.66. The molecule has 1 N–H and O–H groups in total. The smallest absolute Gasteiger partial charge is 0.247 e. The number of carbonyl (C=O) groups is 3. The topological polar surface area (TPSA) is 90.4 Å². The van der Waals surface area contributed by atoms with E-state index in [0.29, 0.717) is 43.9 Å². The first-order chi connectivity index (χ1) is 19.8. The van der Waals surface area contributed by atoms with E-state index in [2.05, 4.69) is 20.1 Å². The first-order valence-electron chi connectivity index (χ1n) is 15.1. The molecule has 1 spiro atoms. The molecule has 0 aromatic heterocycles. The lowest BCUT2D eigenvalue weighted by Gasteiger charge is -2.43. The van der Waals surface area contributed by atoms with Crippen molar-refractivity contribution in [3.05, 3.63) is 49.6 Å². The van der Waals surface area contributed by atoms with Crippen molar-refractivity contribution >= 4 is 35.2 Å². The molecule has 2 bridgehead atoms. The molecule has 0 radical (unpaired) electrons. The second-order valence-corrected chi connectivity index (χ2v) is 14.7. The van der Waals surface area contributed by atoms with Crippen LogP contribution in [0, 0.1) is 11.8 Å². The number of fused-ring (bicyclic) bond motifs is 1. The van der Waals surface area contributed by atoms with Gasteiger partial charge < -0.3 is 24.5 Å². The van der Waals surface area contributed by atoms with Crippen molar-refractivity contribution in [1.82, 2.24) is 9.80 Å². The van der Waals surface area contributed by atoms with Crippen molar-refractivity contribution in [3.8, 4) is 5.75 Å². The van der Waals surface area contributed by atoms with Crippen molar-refractivity contribution in [3.63, 3.8) is 0 Å². The summed E-state index contributed by atoms with van der Waals surface area (Å²) in [6.45, 7) is 20.5. The zero-order chi connectivity index (χ0) is 31.0. The van der Waals surface area contributed by atoms with Gasteiger partial charge in [0.15, 0.2) is 0 Å². The van der Waals surface area contributed by atoms with Gasteiger partial charge in [-0.2, -0.15) is 0 Å². The van der Waals surface area contributed by atoms with Crippen LogP contribution in [0.5, 0.6) is 5.75 Å². The summed E-state index contributed by atoms with van der Waals surface area (Å²) in [5.41, 5.74) is 0.195. The quantitative estimate of drug-likeness (QED) is 0.352. The third-order valence-electron chi connectivity index (χ3n) is 9.21. The van der Waals surface area contributed by atoms with Crippen LogP contribution in [0.4, 0.5) is 5.69 Å². The maximum Gasteiger partial charge on any atom is 0.247 e. The number of aliphatic hydroxyl groups excluding tert-OH is 1. The third kappa shape index (κ3) is 5.17. The largest absolute Gasteiger partial charge is 0.494 e. The van der Waals surface area contributed by atoms with Crippen LogP contribution in [-0.2, 0) is 14.4 Å². The van der Waals surface area contributed by atoms with Crippen LogP contribution < -0.4 is 9.64 Å². The van der Waals surface area contributed by atoms with Gasteiger partial charge in [-0.15, -0.1) is 24.9 Å². The predicted molar refractivity (Wildman–Crippen MR) is 169 cm³/mol. The lowest BCUT2D eigenvalue weighted by Crippen LogP contribution is -2.60. The Morgan fingerprint density at radius 3 is 2.31 bits per heavy atom. The Hall–Kier alpha value is -2.78. The van der Waals surface area contributed by atoms with Gasteiger partial charge in [-0.05, 0) is 78.1 Å². The monoisotopic (exact) mass is 597 g/mol. The third-order valence-corrected chi connectivity index (χ3v) is 11.2. The van der Waals surface area contributed by atoms with E-state index in [4.69, 9.17) is 4.74 Å². The lowest BCUT2D eigenvalue weighted by molar-refractivity contribution is -0.148. The zero-order valence-electron chi connectivity index (χ0n) is 26.0.